The molecular weight excluding hydrogens is 190 g/mol. The lowest BCUT2D eigenvalue weighted by Crippen LogP contribution is -2.42. The van der Waals surface area contributed by atoms with Gasteiger partial charge < -0.3 is 0 Å². The zero-order valence-electron chi connectivity index (χ0n) is 8.35. The summed E-state index contributed by atoms with van der Waals surface area (Å²) in [6.07, 6.45) is 0.198. The first-order valence-corrected chi connectivity index (χ1v) is 5.26. The fourth-order valence-corrected chi connectivity index (χ4v) is 1.79. The average molecular weight is 205 g/mol. The maximum Gasteiger partial charge on any atom is 0.281 e. The van der Waals surface area contributed by atoms with Crippen LogP contribution in [0.4, 0.5) is 0 Å². The molecule has 6 heteroatoms. The van der Waals surface area contributed by atoms with Crippen molar-refractivity contribution in [3.05, 3.63) is 0 Å². The smallest absolute Gasteiger partial charge is 0.198 e. The van der Waals surface area contributed by atoms with Gasteiger partial charge in [0.05, 0.1) is 12.5 Å². The first kappa shape index (κ1) is 12.4. The number of rotatable bonds is 4. The lowest BCUT2D eigenvalue weighted by molar-refractivity contribution is 0.361. The van der Waals surface area contributed by atoms with Gasteiger partial charge in [0.15, 0.2) is 0 Å². The van der Waals surface area contributed by atoms with Crippen molar-refractivity contribution in [2.45, 2.75) is 19.4 Å². The highest BCUT2D eigenvalue weighted by Gasteiger charge is 2.24. The van der Waals surface area contributed by atoms with Crippen LogP contribution in [0.2, 0.25) is 0 Å². The Labute approximate surface area is 79.7 Å². The van der Waals surface area contributed by atoms with Crippen LogP contribution in [0.15, 0.2) is 0 Å². The Balaban J connectivity index is 4.62. The van der Waals surface area contributed by atoms with Crippen molar-refractivity contribution in [1.29, 1.82) is 5.26 Å². The normalized spacial score (nSPS) is 14.5. The Morgan fingerprint density at radius 2 is 1.85 bits per heavy atom. The molecule has 0 fully saturated rings. The van der Waals surface area contributed by atoms with Gasteiger partial charge in [-0.3, -0.25) is 0 Å². The van der Waals surface area contributed by atoms with Gasteiger partial charge in [-0.1, -0.05) is 0 Å². The number of nitriles is 1. The SMILES string of the molecule is CC(CC#N)N(C)S(=O)(=O)N(C)C. The molecule has 1 atom stereocenters. The van der Waals surface area contributed by atoms with E-state index in [4.69, 9.17) is 5.26 Å². The lowest BCUT2D eigenvalue weighted by atomic mass is 10.3. The van der Waals surface area contributed by atoms with E-state index in [2.05, 4.69) is 0 Å². The first-order valence-electron chi connectivity index (χ1n) is 3.86. The van der Waals surface area contributed by atoms with E-state index in [-0.39, 0.29) is 12.5 Å². The summed E-state index contributed by atoms with van der Waals surface area (Å²) in [6, 6.07) is 1.64. The molecule has 0 bridgehead atoms. The van der Waals surface area contributed by atoms with Gasteiger partial charge >= 0.3 is 0 Å². The van der Waals surface area contributed by atoms with Crippen LogP contribution in [0.25, 0.3) is 0 Å². The predicted molar refractivity (Wildman–Crippen MR) is 50.1 cm³/mol. The molecule has 0 aliphatic heterocycles. The van der Waals surface area contributed by atoms with E-state index in [1.54, 1.807) is 6.92 Å². The molecule has 0 aliphatic rings. The molecule has 0 amide bonds. The molecule has 13 heavy (non-hydrogen) atoms. The third-order valence-electron chi connectivity index (χ3n) is 1.83. The van der Waals surface area contributed by atoms with Gasteiger partial charge in [0.2, 0.25) is 0 Å². The maximum absolute atomic E-state index is 11.5. The summed E-state index contributed by atoms with van der Waals surface area (Å²) >= 11 is 0. The van der Waals surface area contributed by atoms with Gasteiger partial charge in [-0.15, -0.1) is 0 Å². The van der Waals surface area contributed by atoms with Gasteiger partial charge in [-0.2, -0.15) is 22.3 Å². The Morgan fingerprint density at radius 3 is 2.15 bits per heavy atom. The summed E-state index contributed by atoms with van der Waals surface area (Å²) < 4.78 is 25.3. The van der Waals surface area contributed by atoms with E-state index in [9.17, 15) is 8.42 Å². The van der Waals surface area contributed by atoms with Gasteiger partial charge in [0.1, 0.15) is 0 Å². The average Bonchev–Trinajstić information content (AvgIpc) is 2.03. The van der Waals surface area contributed by atoms with Crippen LogP contribution in [-0.4, -0.2) is 44.2 Å². The van der Waals surface area contributed by atoms with Crippen molar-refractivity contribution >= 4 is 10.2 Å². The van der Waals surface area contributed by atoms with E-state index in [0.29, 0.717) is 0 Å². The zero-order chi connectivity index (χ0) is 10.6. The van der Waals surface area contributed by atoms with Gasteiger partial charge in [0.25, 0.3) is 10.2 Å². The van der Waals surface area contributed by atoms with Crippen molar-refractivity contribution in [2.75, 3.05) is 21.1 Å². The maximum atomic E-state index is 11.5. The van der Waals surface area contributed by atoms with Crippen LogP contribution in [0.5, 0.6) is 0 Å². The minimum absolute atomic E-state index is 0.198. The van der Waals surface area contributed by atoms with Crippen molar-refractivity contribution < 1.29 is 8.42 Å². The van der Waals surface area contributed by atoms with Crippen LogP contribution in [0.3, 0.4) is 0 Å². The van der Waals surface area contributed by atoms with E-state index in [0.717, 1.165) is 4.31 Å². The van der Waals surface area contributed by atoms with Gasteiger partial charge in [-0.05, 0) is 6.92 Å². The van der Waals surface area contributed by atoms with Crippen LogP contribution in [-0.2, 0) is 10.2 Å². The second kappa shape index (κ2) is 4.56. The lowest BCUT2D eigenvalue weighted by Gasteiger charge is -2.25. The molecule has 0 saturated heterocycles. The molecule has 0 aromatic rings. The molecule has 0 spiro atoms. The molecule has 0 rings (SSSR count). The summed E-state index contributed by atoms with van der Waals surface area (Å²) in [5.74, 6) is 0. The van der Waals surface area contributed by atoms with Crippen molar-refractivity contribution in [1.82, 2.24) is 8.61 Å². The molecule has 0 aromatic carbocycles. The van der Waals surface area contributed by atoms with Crippen molar-refractivity contribution in [3.8, 4) is 6.07 Å². The molecule has 0 heterocycles. The Kier molecular flexibility index (Phi) is 4.33. The highest BCUT2D eigenvalue weighted by Crippen LogP contribution is 2.08. The number of hydrogen-bond donors (Lipinski definition) is 0. The standard InChI is InChI=1S/C7H15N3O2S/c1-7(5-6-8)10(4)13(11,12)9(2)3/h7H,5H2,1-4H3. The van der Waals surface area contributed by atoms with Crippen LogP contribution in [0, 0.1) is 11.3 Å². The predicted octanol–water partition coefficient (Wildman–Crippen LogP) is 0.0268. The Morgan fingerprint density at radius 1 is 1.38 bits per heavy atom. The molecule has 76 valence electrons. The fraction of sp³-hybridized carbons (Fsp3) is 0.857. The summed E-state index contributed by atoms with van der Waals surface area (Å²) in [6.45, 7) is 1.70. The van der Waals surface area contributed by atoms with Crippen molar-refractivity contribution in [3.63, 3.8) is 0 Å². The summed E-state index contributed by atoms with van der Waals surface area (Å²) in [4.78, 5) is 0. The highest BCUT2D eigenvalue weighted by molar-refractivity contribution is 7.86. The summed E-state index contributed by atoms with van der Waals surface area (Å²) in [5, 5.41) is 8.40. The summed E-state index contributed by atoms with van der Waals surface area (Å²) in [7, 11) is 1.01. The monoisotopic (exact) mass is 205 g/mol. The van der Waals surface area contributed by atoms with E-state index >= 15 is 0 Å². The van der Waals surface area contributed by atoms with Crippen LogP contribution < -0.4 is 0 Å². The summed E-state index contributed by atoms with van der Waals surface area (Å²) in [5.41, 5.74) is 0. The van der Waals surface area contributed by atoms with Crippen molar-refractivity contribution in [2.24, 2.45) is 0 Å². The molecule has 0 aromatic heterocycles. The second-order valence-corrected chi connectivity index (χ2v) is 5.22. The molecule has 0 saturated carbocycles. The minimum Gasteiger partial charge on any atom is -0.198 e. The highest BCUT2D eigenvalue weighted by atomic mass is 32.2. The molecule has 0 radical (unpaired) electrons. The van der Waals surface area contributed by atoms with Gasteiger partial charge in [0, 0.05) is 27.2 Å². The van der Waals surface area contributed by atoms with E-state index in [1.165, 1.54) is 25.4 Å². The molecule has 0 N–H and O–H groups in total. The topological polar surface area (TPSA) is 64.4 Å². The largest absolute Gasteiger partial charge is 0.281 e. The molecular formula is C7H15N3O2S. The van der Waals surface area contributed by atoms with E-state index < -0.39 is 10.2 Å². The quantitative estimate of drug-likeness (QED) is 0.650. The van der Waals surface area contributed by atoms with Gasteiger partial charge in [-0.25, -0.2) is 0 Å². The minimum atomic E-state index is -3.38. The fourth-order valence-electron chi connectivity index (χ4n) is 0.746. The number of hydrogen-bond acceptors (Lipinski definition) is 3. The number of nitrogens with zero attached hydrogens (tertiary/aromatic N) is 3. The van der Waals surface area contributed by atoms with Crippen LogP contribution in [0.1, 0.15) is 13.3 Å². The second-order valence-electron chi connectivity index (χ2n) is 3.02. The molecule has 5 nitrogen and oxygen atoms in total. The molecule has 1 unspecified atom stereocenters. The van der Waals surface area contributed by atoms with E-state index in [1.807, 2.05) is 6.07 Å². The Hall–Kier alpha value is -0.640. The van der Waals surface area contributed by atoms with Crippen LogP contribution >= 0.6 is 0 Å². The third kappa shape index (κ3) is 2.95. The zero-order valence-corrected chi connectivity index (χ0v) is 9.17. The Bertz CT molecular complexity index is 291. The third-order valence-corrected chi connectivity index (χ3v) is 3.84. The first-order chi connectivity index (χ1) is 5.84. The molecule has 0 aliphatic carbocycles.